The van der Waals surface area contributed by atoms with Crippen LogP contribution in [0.5, 0.6) is 0 Å². The highest BCUT2D eigenvalue weighted by Gasteiger charge is 2.46. The maximum absolute atomic E-state index is 13.4. The Morgan fingerprint density at radius 3 is 2.68 bits per heavy atom. The van der Waals surface area contributed by atoms with Crippen LogP contribution in [0.3, 0.4) is 0 Å². The average molecular weight is 475 g/mol. The Balaban J connectivity index is 1.70. The van der Waals surface area contributed by atoms with Crippen LogP contribution in [0.4, 0.5) is 10.8 Å². The summed E-state index contributed by atoms with van der Waals surface area (Å²) in [7, 11) is 0. The fraction of sp³-hybridized carbons (Fsp3) is 0.125. The highest BCUT2D eigenvalue weighted by atomic mass is 32.1. The monoisotopic (exact) mass is 475 g/mol. The van der Waals surface area contributed by atoms with Gasteiger partial charge in [-0.1, -0.05) is 29.5 Å². The van der Waals surface area contributed by atoms with E-state index >= 15 is 0 Å². The van der Waals surface area contributed by atoms with E-state index in [1.54, 1.807) is 19.1 Å². The van der Waals surface area contributed by atoms with Gasteiger partial charge in [0.1, 0.15) is 5.76 Å². The van der Waals surface area contributed by atoms with Crippen LogP contribution in [0, 0.1) is 24.0 Å². The fourth-order valence-electron chi connectivity index (χ4n) is 3.97. The number of aliphatic hydroxyl groups is 1. The standard InChI is InChI=1S/C24H17N3O6S/c1-12-6-8-16-18(10-12)34-24(25-16)26-20(14-4-3-5-15(11-14)27(31)32)19(22(29)23(26)30)21(28)17-9-7-13(2)33-17/h3-11,20,29H,1-2H3. The molecule has 5 rings (SSSR count). The summed E-state index contributed by atoms with van der Waals surface area (Å²) in [4.78, 5) is 43.2. The number of hydrogen-bond donors (Lipinski definition) is 1. The number of aromatic nitrogens is 1. The van der Waals surface area contributed by atoms with E-state index in [2.05, 4.69) is 4.98 Å². The second-order valence-electron chi connectivity index (χ2n) is 7.90. The van der Waals surface area contributed by atoms with Gasteiger partial charge in [0.25, 0.3) is 11.6 Å². The molecular formula is C24H17N3O6S. The number of carbonyl (C=O) groups excluding carboxylic acids is 2. The summed E-state index contributed by atoms with van der Waals surface area (Å²) in [6, 6.07) is 13.2. The number of ketones is 1. The molecule has 4 aromatic rings. The maximum atomic E-state index is 13.4. The summed E-state index contributed by atoms with van der Waals surface area (Å²) in [5.74, 6) is -1.82. The Hall–Kier alpha value is -4.31. The average Bonchev–Trinajstić information content (AvgIpc) is 3.49. The van der Waals surface area contributed by atoms with Crippen LogP contribution >= 0.6 is 11.3 Å². The number of thiazole rings is 1. The van der Waals surface area contributed by atoms with Gasteiger partial charge in [0.2, 0.25) is 5.78 Å². The molecule has 2 aromatic heterocycles. The number of Topliss-reactive ketones (excluding diaryl/α,β-unsaturated/α-hetero) is 1. The van der Waals surface area contributed by atoms with Crippen molar-refractivity contribution >= 4 is 44.1 Å². The SMILES string of the molecule is Cc1ccc2nc(N3C(=O)C(O)=C(C(=O)c4ccc(C)o4)C3c3cccc([N+](=O)[O-])c3)sc2c1. The van der Waals surface area contributed by atoms with Gasteiger partial charge in [-0.05, 0) is 49.2 Å². The van der Waals surface area contributed by atoms with Crippen molar-refractivity contribution < 1.29 is 24.0 Å². The van der Waals surface area contributed by atoms with Gasteiger partial charge in [0.05, 0.1) is 26.8 Å². The number of anilines is 1. The molecule has 0 fully saturated rings. The van der Waals surface area contributed by atoms with Crippen molar-refractivity contribution in [3.8, 4) is 0 Å². The van der Waals surface area contributed by atoms with Crippen LogP contribution in [0.1, 0.15) is 33.5 Å². The minimum atomic E-state index is -1.13. The summed E-state index contributed by atoms with van der Waals surface area (Å²) in [6.07, 6.45) is 0. The van der Waals surface area contributed by atoms with Gasteiger partial charge in [0, 0.05) is 12.1 Å². The minimum absolute atomic E-state index is 0.0518. The molecule has 1 unspecified atom stereocenters. The fourth-order valence-corrected chi connectivity index (χ4v) is 5.06. The first-order valence-corrected chi connectivity index (χ1v) is 11.1. The molecule has 1 amide bonds. The Morgan fingerprint density at radius 2 is 1.97 bits per heavy atom. The number of nitro groups is 1. The number of rotatable bonds is 5. The number of non-ortho nitro benzene ring substituents is 1. The summed E-state index contributed by atoms with van der Waals surface area (Å²) in [5, 5.41) is 22.5. The van der Waals surface area contributed by atoms with Crippen LogP contribution < -0.4 is 4.90 Å². The van der Waals surface area contributed by atoms with Gasteiger partial charge >= 0.3 is 0 Å². The number of benzene rings is 2. The van der Waals surface area contributed by atoms with E-state index in [9.17, 15) is 24.8 Å². The highest BCUT2D eigenvalue weighted by molar-refractivity contribution is 7.22. The van der Waals surface area contributed by atoms with Crippen molar-refractivity contribution in [2.45, 2.75) is 19.9 Å². The topological polar surface area (TPSA) is 127 Å². The van der Waals surface area contributed by atoms with Gasteiger partial charge in [0.15, 0.2) is 16.7 Å². The smallest absolute Gasteiger partial charge is 0.296 e. The molecule has 0 saturated carbocycles. The lowest BCUT2D eigenvalue weighted by atomic mass is 9.95. The molecule has 0 spiro atoms. The minimum Gasteiger partial charge on any atom is -0.503 e. The Kier molecular flexibility index (Phi) is 5.02. The van der Waals surface area contributed by atoms with Crippen molar-refractivity contribution in [1.82, 2.24) is 4.98 Å². The van der Waals surface area contributed by atoms with Crippen molar-refractivity contribution in [2.75, 3.05) is 4.90 Å². The molecule has 0 aliphatic carbocycles. The van der Waals surface area contributed by atoms with Crippen LogP contribution in [0.25, 0.3) is 10.2 Å². The molecule has 0 radical (unpaired) electrons. The lowest BCUT2D eigenvalue weighted by Gasteiger charge is -2.24. The Morgan fingerprint density at radius 1 is 1.18 bits per heavy atom. The zero-order chi connectivity index (χ0) is 24.1. The lowest BCUT2D eigenvalue weighted by Crippen LogP contribution is -2.31. The van der Waals surface area contributed by atoms with E-state index in [0.717, 1.165) is 10.3 Å². The molecule has 1 aliphatic heterocycles. The number of amides is 1. The van der Waals surface area contributed by atoms with Gasteiger partial charge in [-0.15, -0.1) is 0 Å². The number of hydrogen-bond acceptors (Lipinski definition) is 8. The van der Waals surface area contributed by atoms with Crippen LogP contribution in [0.15, 0.2) is 70.3 Å². The molecule has 170 valence electrons. The number of nitro benzene ring substituents is 1. The molecular weight excluding hydrogens is 458 g/mol. The molecule has 2 aromatic carbocycles. The number of nitrogens with zero attached hydrogens (tertiary/aromatic N) is 3. The number of furan rings is 1. The zero-order valence-electron chi connectivity index (χ0n) is 18.0. The third-order valence-electron chi connectivity index (χ3n) is 5.55. The number of carbonyl (C=O) groups is 2. The van der Waals surface area contributed by atoms with E-state index in [1.807, 2.05) is 25.1 Å². The number of aliphatic hydroxyl groups excluding tert-OH is 1. The van der Waals surface area contributed by atoms with E-state index in [-0.39, 0.29) is 27.7 Å². The zero-order valence-corrected chi connectivity index (χ0v) is 18.8. The third-order valence-corrected chi connectivity index (χ3v) is 6.57. The van der Waals surface area contributed by atoms with Gasteiger partial charge in [-0.2, -0.15) is 0 Å². The highest BCUT2D eigenvalue weighted by Crippen LogP contribution is 2.44. The molecule has 1 aliphatic rings. The van der Waals surface area contributed by atoms with E-state index in [1.165, 1.54) is 40.5 Å². The van der Waals surface area contributed by atoms with Crippen LogP contribution in [0.2, 0.25) is 0 Å². The Bertz CT molecular complexity index is 1530. The van der Waals surface area contributed by atoms with Crippen molar-refractivity contribution in [3.05, 3.63) is 98.7 Å². The molecule has 9 nitrogen and oxygen atoms in total. The molecule has 34 heavy (non-hydrogen) atoms. The van der Waals surface area contributed by atoms with Gasteiger partial charge < -0.3 is 9.52 Å². The van der Waals surface area contributed by atoms with Crippen molar-refractivity contribution in [1.29, 1.82) is 0 Å². The van der Waals surface area contributed by atoms with Crippen molar-refractivity contribution in [2.24, 2.45) is 0 Å². The normalized spacial score (nSPS) is 16.0. The summed E-state index contributed by atoms with van der Waals surface area (Å²) >= 11 is 1.22. The molecule has 1 atom stereocenters. The summed E-state index contributed by atoms with van der Waals surface area (Å²) < 4.78 is 6.26. The molecule has 0 saturated heterocycles. The molecule has 10 heteroatoms. The van der Waals surface area contributed by atoms with E-state index < -0.39 is 28.4 Å². The first-order valence-electron chi connectivity index (χ1n) is 10.2. The second kappa shape index (κ2) is 7.92. The van der Waals surface area contributed by atoms with E-state index in [0.29, 0.717) is 11.3 Å². The third kappa shape index (κ3) is 3.44. The molecule has 1 N–H and O–H groups in total. The second-order valence-corrected chi connectivity index (χ2v) is 8.91. The molecule has 0 bridgehead atoms. The molecule has 3 heterocycles. The van der Waals surface area contributed by atoms with Gasteiger partial charge in [-0.3, -0.25) is 24.6 Å². The van der Waals surface area contributed by atoms with E-state index in [4.69, 9.17) is 4.42 Å². The number of aryl methyl sites for hydroxylation is 2. The first-order chi connectivity index (χ1) is 16.2. The van der Waals surface area contributed by atoms with Crippen molar-refractivity contribution in [3.63, 3.8) is 0 Å². The Labute approximate surface area is 196 Å². The lowest BCUT2D eigenvalue weighted by molar-refractivity contribution is -0.384. The maximum Gasteiger partial charge on any atom is 0.296 e. The van der Waals surface area contributed by atoms with Gasteiger partial charge in [-0.25, -0.2) is 4.98 Å². The largest absolute Gasteiger partial charge is 0.503 e. The van der Waals surface area contributed by atoms with Crippen LogP contribution in [-0.2, 0) is 4.79 Å². The quantitative estimate of drug-likeness (QED) is 0.239. The summed E-state index contributed by atoms with van der Waals surface area (Å²) in [6.45, 7) is 3.60. The predicted molar refractivity (Wildman–Crippen MR) is 125 cm³/mol. The first kappa shape index (κ1) is 21.5. The van der Waals surface area contributed by atoms with Crippen LogP contribution in [-0.4, -0.2) is 26.7 Å². The number of fused-ring (bicyclic) bond motifs is 1. The summed E-state index contributed by atoms with van der Waals surface area (Å²) in [5.41, 5.74) is 1.51. The predicted octanol–water partition coefficient (Wildman–Crippen LogP) is 5.20.